The number of aryl methyl sites for hydroxylation is 1. The third-order valence-corrected chi connectivity index (χ3v) is 5.82. The zero-order valence-corrected chi connectivity index (χ0v) is 17.6. The van der Waals surface area contributed by atoms with Crippen LogP contribution in [0.2, 0.25) is 0 Å². The van der Waals surface area contributed by atoms with Crippen LogP contribution in [-0.4, -0.2) is 79.3 Å². The highest BCUT2D eigenvalue weighted by Gasteiger charge is 2.22. The first-order valence-corrected chi connectivity index (χ1v) is 10.3. The van der Waals surface area contributed by atoms with E-state index in [2.05, 4.69) is 76.6 Å². The van der Waals surface area contributed by atoms with Gasteiger partial charge in [-0.25, -0.2) is 15.0 Å². The van der Waals surface area contributed by atoms with Crippen molar-refractivity contribution in [1.29, 1.82) is 0 Å². The quantitative estimate of drug-likeness (QED) is 0.736. The van der Waals surface area contributed by atoms with Crippen LogP contribution in [0.1, 0.15) is 5.56 Å². The fourth-order valence-corrected chi connectivity index (χ4v) is 4.18. The predicted octanol–water partition coefficient (Wildman–Crippen LogP) is 2.02. The van der Waals surface area contributed by atoms with Crippen molar-refractivity contribution in [2.75, 3.05) is 74.1 Å². The van der Waals surface area contributed by atoms with Crippen LogP contribution in [0.25, 0.3) is 0 Å². The zero-order chi connectivity index (χ0) is 18.8. The predicted molar refractivity (Wildman–Crippen MR) is 113 cm³/mol. The Bertz CT molecular complexity index is 783. The van der Waals surface area contributed by atoms with E-state index in [1.807, 2.05) is 6.20 Å². The smallest absolute Gasteiger partial charge is 0.134 e. The van der Waals surface area contributed by atoms with Crippen molar-refractivity contribution in [3.05, 3.63) is 34.7 Å². The molecule has 144 valence electrons. The number of aromatic nitrogens is 3. The number of halogens is 1. The van der Waals surface area contributed by atoms with Gasteiger partial charge in [0.1, 0.15) is 23.8 Å². The minimum Gasteiger partial charge on any atom is -0.354 e. The second kappa shape index (κ2) is 7.98. The third-order valence-electron chi connectivity index (χ3n) is 5.39. The highest BCUT2D eigenvalue weighted by atomic mass is 79.9. The van der Waals surface area contributed by atoms with E-state index in [4.69, 9.17) is 0 Å². The van der Waals surface area contributed by atoms with Crippen molar-refractivity contribution in [2.24, 2.45) is 0 Å². The van der Waals surface area contributed by atoms with Gasteiger partial charge in [0.05, 0.1) is 0 Å². The third kappa shape index (κ3) is 4.16. The Hall–Kier alpha value is -1.93. The van der Waals surface area contributed by atoms with Gasteiger partial charge < -0.3 is 19.6 Å². The minimum atomic E-state index is 0.941. The summed E-state index contributed by atoms with van der Waals surface area (Å²) in [6, 6.07) is 4.27. The lowest BCUT2D eigenvalue weighted by molar-refractivity contribution is 0.312. The normalized spacial score (nSPS) is 18.9. The molecule has 0 radical (unpaired) electrons. The summed E-state index contributed by atoms with van der Waals surface area (Å²) >= 11 is 3.49. The average Bonchev–Trinajstić information content (AvgIpc) is 2.69. The lowest BCUT2D eigenvalue weighted by Gasteiger charge is -2.37. The zero-order valence-electron chi connectivity index (χ0n) is 16.0. The summed E-state index contributed by atoms with van der Waals surface area (Å²) in [6.45, 7) is 10.1. The molecule has 2 aromatic heterocycles. The number of anilines is 3. The van der Waals surface area contributed by atoms with Gasteiger partial charge in [-0.1, -0.05) is 0 Å². The molecule has 0 bridgehead atoms. The van der Waals surface area contributed by atoms with Crippen LogP contribution in [0.4, 0.5) is 17.5 Å². The van der Waals surface area contributed by atoms with Crippen LogP contribution in [0.15, 0.2) is 29.1 Å². The molecule has 0 N–H and O–H groups in total. The van der Waals surface area contributed by atoms with Gasteiger partial charge in [-0.05, 0) is 41.5 Å². The highest BCUT2D eigenvalue weighted by molar-refractivity contribution is 9.10. The van der Waals surface area contributed by atoms with Crippen LogP contribution in [0.3, 0.4) is 0 Å². The molecule has 2 aliphatic rings. The molecule has 2 aliphatic heterocycles. The molecule has 2 fully saturated rings. The Kier molecular flexibility index (Phi) is 5.45. The largest absolute Gasteiger partial charge is 0.354 e. The molecule has 0 aromatic carbocycles. The maximum absolute atomic E-state index is 4.60. The Balaban J connectivity index is 1.41. The van der Waals surface area contributed by atoms with Gasteiger partial charge in [0.15, 0.2) is 0 Å². The molecule has 2 saturated heterocycles. The first-order chi connectivity index (χ1) is 13.1. The molecule has 4 rings (SSSR count). The lowest BCUT2D eigenvalue weighted by Crippen LogP contribution is -2.47. The average molecular weight is 432 g/mol. The van der Waals surface area contributed by atoms with Gasteiger partial charge in [-0.2, -0.15) is 0 Å². The summed E-state index contributed by atoms with van der Waals surface area (Å²) in [6.07, 6.45) is 3.58. The molecular formula is C19H26BrN7. The molecule has 0 saturated carbocycles. The summed E-state index contributed by atoms with van der Waals surface area (Å²) in [5.74, 6) is 3.15. The van der Waals surface area contributed by atoms with E-state index in [9.17, 15) is 0 Å². The van der Waals surface area contributed by atoms with Crippen molar-refractivity contribution in [3.8, 4) is 0 Å². The van der Waals surface area contributed by atoms with Gasteiger partial charge in [0, 0.05) is 69.1 Å². The van der Waals surface area contributed by atoms with Crippen LogP contribution in [-0.2, 0) is 0 Å². The lowest BCUT2D eigenvalue weighted by atomic mass is 10.2. The number of likely N-dealkylation sites (N-methyl/N-ethyl adjacent to an activating group) is 1. The Morgan fingerprint density at radius 2 is 1.33 bits per heavy atom. The fraction of sp³-hybridized carbons (Fsp3) is 0.526. The molecule has 4 heterocycles. The molecule has 0 amide bonds. The molecule has 0 aliphatic carbocycles. The molecule has 0 unspecified atom stereocenters. The van der Waals surface area contributed by atoms with Gasteiger partial charge in [-0.3, -0.25) is 0 Å². The molecule has 27 heavy (non-hydrogen) atoms. The van der Waals surface area contributed by atoms with Gasteiger partial charge in [0.2, 0.25) is 0 Å². The fourth-order valence-electron chi connectivity index (χ4n) is 3.73. The van der Waals surface area contributed by atoms with Crippen molar-refractivity contribution in [2.45, 2.75) is 6.92 Å². The molecule has 7 nitrogen and oxygen atoms in total. The first kappa shape index (κ1) is 18.4. The molecule has 2 aromatic rings. The topological polar surface area (TPSA) is 51.6 Å². The van der Waals surface area contributed by atoms with Crippen LogP contribution < -0.4 is 14.7 Å². The first-order valence-electron chi connectivity index (χ1n) is 9.48. The Morgan fingerprint density at radius 3 is 1.93 bits per heavy atom. The van der Waals surface area contributed by atoms with Crippen molar-refractivity contribution >= 4 is 33.4 Å². The van der Waals surface area contributed by atoms with E-state index >= 15 is 0 Å². The van der Waals surface area contributed by atoms with Crippen LogP contribution in [0, 0.1) is 6.92 Å². The van der Waals surface area contributed by atoms with E-state index in [1.165, 1.54) is 5.56 Å². The van der Waals surface area contributed by atoms with Gasteiger partial charge >= 0.3 is 0 Å². The maximum Gasteiger partial charge on any atom is 0.134 e. The van der Waals surface area contributed by atoms with E-state index < -0.39 is 0 Å². The molecule has 0 atom stereocenters. The molecule has 8 heteroatoms. The minimum absolute atomic E-state index is 0.941. The number of piperazine rings is 2. The summed E-state index contributed by atoms with van der Waals surface area (Å²) < 4.78 is 1.03. The summed E-state index contributed by atoms with van der Waals surface area (Å²) in [7, 11) is 2.17. The van der Waals surface area contributed by atoms with Gasteiger partial charge in [-0.15, -0.1) is 0 Å². The number of pyridine rings is 1. The Labute approximate surface area is 169 Å². The van der Waals surface area contributed by atoms with Crippen molar-refractivity contribution in [1.82, 2.24) is 19.9 Å². The van der Waals surface area contributed by atoms with E-state index in [1.54, 1.807) is 6.33 Å². The van der Waals surface area contributed by atoms with Crippen LogP contribution >= 0.6 is 15.9 Å². The van der Waals surface area contributed by atoms with E-state index in [0.717, 1.165) is 74.3 Å². The second-order valence-electron chi connectivity index (χ2n) is 7.29. The molecule has 0 spiro atoms. The summed E-state index contributed by atoms with van der Waals surface area (Å²) in [4.78, 5) is 23.1. The maximum atomic E-state index is 4.60. The monoisotopic (exact) mass is 431 g/mol. The SMILES string of the molecule is Cc1cc(Br)cnc1N1CCN(c2cc(N3CCN(C)CC3)ncn2)CC1. The van der Waals surface area contributed by atoms with Crippen LogP contribution in [0.5, 0.6) is 0 Å². The van der Waals surface area contributed by atoms with Gasteiger partial charge in [0.25, 0.3) is 0 Å². The van der Waals surface area contributed by atoms with E-state index in [0.29, 0.717) is 0 Å². The van der Waals surface area contributed by atoms with E-state index in [-0.39, 0.29) is 0 Å². The van der Waals surface area contributed by atoms with Crippen molar-refractivity contribution in [3.63, 3.8) is 0 Å². The number of hydrogen-bond acceptors (Lipinski definition) is 7. The summed E-state index contributed by atoms with van der Waals surface area (Å²) in [5.41, 5.74) is 1.21. The standard InChI is InChI=1S/C19H26BrN7/c1-15-11-16(20)13-21-19(15)27-9-7-26(8-10-27)18-12-17(22-14-23-18)25-5-3-24(2)4-6-25/h11-14H,3-10H2,1-2H3. The Morgan fingerprint density at radius 1 is 0.778 bits per heavy atom. The van der Waals surface area contributed by atoms with Crippen molar-refractivity contribution < 1.29 is 0 Å². The molecular weight excluding hydrogens is 406 g/mol. The highest BCUT2D eigenvalue weighted by Crippen LogP contribution is 2.24. The number of nitrogens with zero attached hydrogens (tertiary/aromatic N) is 7. The number of hydrogen-bond donors (Lipinski definition) is 0. The second-order valence-corrected chi connectivity index (χ2v) is 8.21. The number of rotatable bonds is 3. The summed E-state index contributed by atoms with van der Waals surface area (Å²) in [5, 5.41) is 0.